The van der Waals surface area contributed by atoms with Gasteiger partial charge < -0.3 is 9.84 Å². The third kappa shape index (κ3) is 2.94. The maximum absolute atomic E-state index is 11.5. The minimum Gasteiger partial charge on any atom is -0.468 e. The van der Waals surface area contributed by atoms with Crippen molar-refractivity contribution >= 4 is 5.97 Å². The SMILES string of the molecule is C/C=C/[C@H](C(=O)OC)[C@H](O)c1ccccc1. The summed E-state index contributed by atoms with van der Waals surface area (Å²) < 4.78 is 4.66. The van der Waals surface area contributed by atoms with Gasteiger partial charge in [0.1, 0.15) is 5.92 Å². The van der Waals surface area contributed by atoms with Gasteiger partial charge in [0.2, 0.25) is 0 Å². The standard InChI is InChI=1S/C13H16O3/c1-3-7-11(13(15)16-2)12(14)10-8-5-4-6-9-10/h3-9,11-12,14H,1-2H3/b7-3+/t11-,12+/m0/s1. The molecular formula is C13H16O3. The van der Waals surface area contributed by atoms with Gasteiger partial charge in [-0.2, -0.15) is 0 Å². The highest BCUT2D eigenvalue weighted by Crippen LogP contribution is 2.24. The minimum absolute atomic E-state index is 0.436. The van der Waals surface area contributed by atoms with Crippen LogP contribution in [0.5, 0.6) is 0 Å². The fraction of sp³-hybridized carbons (Fsp3) is 0.308. The molecule has 0 aliphatic heterocycles. The molecule has 1 N–H and O–H groups in total. The molecule has 0 radical (unpaired) electrons. The van der Waals surface area contributed by atoms with Crippen molar-refractivity contribution in [3.63, 3.8) is 0 Å². The van der Waals surface area contributed by atoms with E-state index in [1.54, 1.807) is 31.2 Å². The number of methoxy groups -OCH3 is 1. The zero-order chi connectivity index (χ0) is 12.0. The van der Waals surface area contributed by atoms with Gasteiger partial charge in [-0.05, 0) is 12.5 Å². The third-order valence-corrected chi connectivity index (χ3v) is 2.35. The molecule has 1 rings (SSSR count). The molecule has 2 atom stereocenters. The van der Waals surface area contributed by atoms with E-state index in [1.807, 2.05) is 18.2 Å². The second kappa shape index (κ2) is 6.08. The molecule has 0 bridgehead atoms. The summed E-state index contributed by atoms with van der Waals surface area (Å²) in [5.74, 6) is -1.09. The molecule has 86 valence electrons. The number of allylic oxidation sites excluding steroid dienone is 1. The Morgan fingerprint density at radius 1 is 1.38 bits per heavy atom. The third-order valence-electron chi connectivity index (χ3n) is 2.35. The average Bonchev–Trinajstić information content (AvgIpc) is 2.35. The lowest BCUT2D eigenvalue weighted by atomic mass is 9.95. The molecule has 0 aliphatic carbocycles. The van der Waals surface area contributed by atoms with Crippen LogP contribution in [0.15, 0.2) is 42.5 Å². The number of rotatable bonds is 4. The largest absolute Gasteiger partial charge is 0.468 e. The lowest BCUT2D eigenvalue weighted by Gasteiger charge is -2.17. The molecule has 0 fully saturated rings. The van der Waals surface area contributed by atoms with Gasteiger partial charge in [0, 0.05) is 0 Å². The van der Waals surface area contributed by atoms with Crippen LogP contribution in [-0.2, 0) is 9.53 Å². The first-order chi connectivity index (χ1) is 7.70. The smallest absolute Gasteiger partial charge is 0.315 e. The maximum atomic E-state index is 11.5. The number of benzene rings is 1. The summed E-state index contributed by atoms with van der Waals surface area (Å²) in [5, 5.41) is 10.1. The highest BCUT2D eigenvalue weighted by molar-refractivity contribution is 5.75. The Labute approximate surface area is 95.4 Å². The molecule has 0 aliphatic rings. The van der Waals surface area contributed by atoms with E-state index in [1.165, 1.54) is 7.11 Å². The summed E-state index contributed by atoms with van der Waals surface area (Å²) in [6.07, 6.45) is 2.50. The molecule has 0 amide bonds. The van der Waals surface area contributed by atoms with Crippen LogP contribution in [0.1, 0.15) is 18.6 Å². The number of aliphatic hydroxyl groups is 1. The number of carbonyl (C=O) groups is 1. The van der Waals surface area contributed by atoms with Gasteiger partial charge in [0.05, 0.1) is 13.2 Å². The number of hydrogen-bond donors (Lipinski definition) is 1. The molecule has 1 aromatic rings. The highest BCUT2D eigenvalue weighted by Gasteiger charge is 2.25. The molecule has 0 saturated heterocycles. The van der Waals surface area contributed by atoms with Crippen molar-refractivity contribution in [2.75, 3.05) is 7.11 Å². The van der Waals surface area contributed by atoms with E-state index < -0.39 is 18.0 Å². The first-order valence-electron chi connectivity index (χ1n) is 5.14. The van der Waals surface area contributed by atoms with E-state index >= 15 is 0 Å². The van der Waals surface area contributed by atoms with E-state index in [-0.39, 0.29) is 0 Å². The lowest BCUT2D eigenvalue weighted by molar-refractivity contribution is -0.147. The van der Waals surface area contributed by atoms with Crippen molar-refractivity contribution < 1.29 is 14.6 Å². The Kier molecular flexibility index (Phi) is 4.73. The molecular weight excluding hydrogens is 204 g/mol. The molecule has 0 saturated carbocycles. The first kappa shape index (κ1) is 12.5. The lowest BCUT2D eigenvalue weighted by Crippen LogP contribution is -2.21. The molecule has 0 spiro atoms. The highest BCUT2D eigenvalue weighted by atomic mass is 16.5. The molecule has 3 heteroatoms. The van der Waals surface area contributed by atoms with Crippen molar-refractivity contribution in [1.29, 1.82) is 0 Å². The van der Waals surface area contributed by atoms with Crippen molar-refractivity contribution in [1.82, 2.24) is 0 Å². The average molecular weight is 220 g/mol. The van der Waals surface area contributed by atoms with Crippen molar-refractivity contribution in [2.45, 2.75) is 13.0 Å². The number of carbonyl (C=O) groups excluding carboxylic acids is 1. The Morgan fingerprint density at radius 2 is 2.00 bits per heavy atom. The van der Waals surface area contributed by atoms with Crippen molar-refractivity contribution in [3.05, 3.63) is 48.0 Å². The van der Waals surface area contributed by atoms with Gasteiger partial charge in [-0.25, -0.2) is 0 Å². The van der Waals surface area contributed by atoms with Crippen molar-refractivity contribution in [2.24, 2.45) is 5.92 Å². The van der Waals surface area contributed by atoms with Gasteiger partial charge >= 0.3 is 5.97 Å². The van der Waals surface area contributed by atoms with Crippen LogP contribution in [0.25, 0.3) is 0 Å². The monoisotopic (exact) mass is 220 g/mol. The van der Waals surface area contributed by atoms with Crippen LogP contribution in [0.2, 0.25) is 0 Å². The Balaban J connectivity index is 2.91. The minimum atomic E-state index is -0.871. The summed E-state index contributed by atoms with van der Waals surface area (Å²) in [6.45, 7) is 1.80. The molecule has 1 aromatic carbocycles. The molecule has 16 heavy (non-hydrogen) atoms. The predicted molar refractivity (Wildman–Crippen MR) is 61.7 cm³/mol. The Bertz CT molecular complexity index is 357. The predicted octanol–water partition coefficient (Wildman–Crippen LogP) is 2.09. The maximum Gasteiger partial charge on any atom is 0.315 e. The normalized spacial score (nSPS) is 14.7. The fourth-order valence-electron chi connectivity index (χ4n) is 1.51. The molecule has 0 aromatic heterocycles. The van der Waals surface area contributed by atoms with E-state index in [9.17, 15) is 9.90 Å². The van der Waals surface area contributed by atoms with E-state index in [0.29, 0.717) is 5.56 Å². The molecule has 0 heterocycles. The van der Waals surface area contributed by atoms with Gasteiger partial charge in [0.25, 0.3) is 0 Å². The Morgan fingerprint density at radius 3 is 2.50 bits per heavy atom. The molecule has 3 nitrogen and oxygen atoms in total. The molecule has 0 unspecified atom stereocenters. The van der Waals surface area contributed by atoms with Crippen LogP contribution in [-0.4, -0.2) is 18.2 Å². The van der Waals surface area contributed by atoms with Gasteiger partial charge in [-0.15, -0.1) is 0 Å². The number of esters is 1. The summed E-state index contributed by atoms with van der Waals surface area (Å²) in [5.41, 5.74) is 0.705. The first-order valence-corrected chi connectivity index (χ1v) is 5.14. The number of ether oxygens (including phenoxy) is 1. The zero-order valence-corrected chi connectivity index (χ0v) is 9.46. The summed E-state index contributed by atoms with van der Waals surface area (Å²) in [6, 6.07) is 9.07. The van der Waals surface area contributed by atoms with Crippen LogP contribution in [0, 0.1) is 5.92 Å². The van der Waals surface area contributed by atoms with E-state index in [2.05, 4.69) is 4.74 Å². The second-order valence-corrected chi connectivity index (χ2v) is 3.43. The fourth-order valence-corrected chi connectivity index (χ4v) is 1.51. The van der Waals surface area contributed by atoms with Crippen LogP contribution in [0.3, 0.4) is 0 Å². The summed E-state index contributed by atoms with van der Waals surface area (Å²) in [4.78, 5) is 11.5. The number of aliphatic hydroxyl groups excluding tert-OH is 1. The van der Waals surface area contributed by atoms with Gasteiger partial charge in [-0.1, -0.05) is 42.5 Å². The Hall–Kier alpha value is -1.61. The van der Waals surface area contributed by atoms with E-state index in [4.69, 9.17) is 0 Å². The van der Waals surface area contributed by atoms with Gasteiger partial charge in [-0.3, -0.25) is 4.79 Å². The number of hydrogen-bond acceptors (Lipinski definition) is 3. The van der Waals surface area contributed by atoms with Crippen LogP contribution in [0.4, 0.5) is 0 Å². The van der Waals surface area contributed by atoms with E-state index in [0.717, 1.165) is 0 Å². The quantitative estimate of drug-likeness (QED) is 0.624. The zero-order valence-electron chi connectivity index (χ0n) is 9.46. The van der Waals surface area contributed by atoms with Crippen LogP contribution >= 0.6 is 0 Å². The topological polar surface area (TPSA) is 46.5 Å². The van der Waals surface area contributed by atoms with Gasteiger partial charge in [0.15, 0.2) is 0 Å². The second-order valence-electron chi connectivity index (χ2n) is 3.43. The summed E-state index contributed by atoms with van der Waals surface area (Å²) >= 11 is 0. The van der Waals surface area contributed by atoms with Crippen molar-refractivity contribution in [3.8, 4) is 0 Å². The van der Waals surface area contributed by atoms with Crippen LogP contribution < -0.4 is 0 Å². The summed E-state index contributed by atoms with van der Waals surface area (Å²) in [7, 11) is 1.32.